The number of hydrogen-bond donors (Lipinski definition) is 3. The predicted octanol–water partition coefficient (Wildman–Crippen LogP) is 4.88. The number of nitrogens with one attached hydrogen (secondary N) is 3. The monoisotopic (exact) mass is 487 g/mol. The third-order valence-corrected chi connectivity index (χ3v) is 6.78. The van der Waals surface area contributed by atoms with E-state index in [-0.39, 0.29) is 33.0 Å². The van der Waals surface area contributed by atoms with E-state index < -0.39 is 21.7 Å². The van der Waals surface area contributed by atoms with E-state index >= 15 is 0 Å². The number of halogens is 2. The zero-order valence-electron chi connectivity index (χ0n) is 17.1. The van der Waals surface area contributed by atoms with Crippen molar-refractivity contribution >= 4 is 50.5 Å². The van der Waals surface area contributed by atoms with Crippen LogP contribution in [0, 0.1) is 11.7 Å². The maximum Gasteiger partial charge on any atom is 0.263 e. The second-order valence-electron chi connectivity index (χ2n) is 7.56. The van der Waals surface area contributed by atoms with Crippen molar-refractivity contribution in [2.24, 2.45) is 5.92 Å². The van der Waals surface area contributed by atoms with Gasteiger partial charge in [0.05, 0.1) is 5.02 Å². The third-order valence-electron chi connectivity index (χ3n) is 4.92. The minimum absolute atomic E-state index is 0.0428. The largest absolute Gasteiger partial charge is 0.326 e. The Labute approximate surface area is 195 Å². The predicted molar refractivity (Wildman–Crippen MR) is 124 cm³/mol. The van der Waals surface area contributed by atoms with Crippen molar-refractivity contribution in [1.29, 1.82) is 0 Å². The Morgan fingerprint density at radius 3 is 2.21 bits per heavy atom. The normalized spacial score (nSPS) is 13.3. The number of carbonyl (C=O) groups excluding carboxylic acids is 2. The van der Waals surface area contributed by atoms with Crippen LogP contribution in [0.25, 0.3) is 0 Å². The molecule has 170 valence electrons. The van der Waals surface area contributed by atoms with Gasteiger partial charge >= 0.3 is 0 Å². The summed E-state index contributed by atoms with van der Waals surface area (Å²) in [6.45, 7) is 0. The molecule has 0 radical (unpaired) electrons. The molecule has 0 saturated heterocycles. The summed E-state index contributed by atoms with van der Waals surface area (Å²) in [6.07, 6.45) is 1.75. The minimum atomic E-state index is -4.14. The molecule has 0 aliphatic heterocycles. The maximum atomic E-state index is 13.1. The van der Waals surface area contributed by atoms with Crippen molar-refractivity contribution in [2.75, 3.05) is 15.4 Å². The Kier molecular flexibility index (Phi) is 6.35. The van der Waals surface area contributed by atoms with Gasteiger partial charge in [0, 0.05) is 28.5 Å². The fraction of sp³-hybridized carbons (Fsp3) is 0.130. The number of anilines is 3. The van der Waals surface area contributed by atoms with Crippen LogP contribution >= 0.6 is 11.6 Å². The molecule has 3 N–H and O–H groups in total. The van der Waals surface area contributed by atoms with E-state index in [0.717, 1.165) is 31.0 Å². The van der Waals surface area contributed by atoms with E-state index in [4.69, 9.17) is 11.6 Å². The van der Waals surface area contributed by atoms with E-state index in [1.807, 2.05) is 0 Å². The molecule has 1 fully saturated rings. The van der Waals surface area contributed by atoms with Crippen molar-refractivity contribution in [3.8, 4) is 0 Å². The van der Waals surface area contributed by atoms with E-state index in [2.05, 4.69) is 15.4 Å². The summed E-state index contributed by atoms with van der Waals surface area (Å²) >= 11 is 6.09. The number of sulfonamides is 1. The van der Waals surface area contributed by atoms with Crippen LogP contribution < -0.4 is 15.4 Å². The molecule has 10 heteroatoms. The molecule has 1 saturated carbocycles. The Morgan fingerprint density at radius 2 is 1.55 bits per heavy atom. The summed E-state index contributed by atoms with van der Waals surface area (Å²) in [5.74, 6) is -1.08. The minimum Gasteiger partial charge on any atom is -0.326 e. The second-order valence-corrected chi connectivity index (χ2v) is 9.61. The smallest absolute Gasteiger partial charge is 0.263 e. The van der Waals surface area contributed by atoms with Gasteiger partial charge in [0.25, 0.3) is 15.9 Å². The molecule has 0 heterocycles. The first-order valence-corrected chi connectivity index (χ1v) is 11.9. The molecule has 4 rings (SSSR count). The first-order valence-electron chi connectivity index (χ1n) is 10.0. The van der Waals surface area contributed by atoms with Crippen LogP contribution in [0.5, 0.6) is 0 Å². The molecule has 0 unspecified atom stereocenters. The highest BCUT2D eigenvalue weighted by Crippen LogP contribution is 2.30. The van der Waals surface area contributed by atoms with Gasteiger partial charge in [-0.15, -0.1) is 0 Å². The van der Waals surface area contributed by atoms with E-state index in [1.54, 1.807) is 24.3 Å². The molecule has 1 aliphatic carbocycles. The van der Waals surface area contributed by atoms with Crippen LogP contribution in [0.15, 0.2) is 71.6 Å². The van der Waals surface area contributed by atoms with Crippen molar-refractivity contribution in [1.82, 2.24) is 0 Å². The SMILES string of the molecule is O=C(Nc1cccc(NC(=O)C2CC2)c1)c1ccc(Cl)c(S(=O)(=O)Nc2ccc(F)cc2)c1. The Morgan fingerprint density at radius 1 is 0.879 bits per heavy atom. The van der Waals surface area contributed by atoms with Crippen LogP contribution in [-0.2, 0) is 14.8 Å². The number of rotatable bonds is 7. The average Bonchev–Trinajstić information content (AvgIpc) is 3.61. The van der Waals surface area contributed by atoms with Crippen LogP contribution in [0.2, 0.25) is 5.02 Å². The molecule has 3 aromatic rings. The fourth-order valence-corrected chi connectivity index (χ4v) is 4.63. The third kappa shape index (κ3) is 5.68. The van der Waals surface area contributed by atoms with Gasteiger partial charge in [-0.2, -0.15) is 0 Å². The van der Waals surface area contributed by atoms with Gasteiger partial charge < -0.3 is 10.6 Å². The molecule has 0 bridgehead atoms. The van der Waals surface area contributed by atoms with Crippen molar-refractivity contribution in [3.05, 3.63) is 83.1 Å². The number of hydrogen-bond acceptors (Lipinski definition) is 4. The number of amides is 2. The van der Waals surface area contributed by atoms with Crippen molar-refractivity contribution in [3.63, 3.8) is 0 Å². The van der Waals surface area contributed by atoms with Gasteiger partial charge in [0.2, 0.25) is 5.91 Å². The summed E-state index contributed by atoms with van der Waals surface area (Å²) in [4.78, 5) is 24.4. The van der Waals surface area contributed by atoms with Gasteiger partial charge in [-0.25, -0.2) is 12.8 Å². The van der Waals surface area contributed by atoms with Crippen molar-refractivity contribution in [2.45, 2.75) is 17.7 Å². The van der Waals surface area contributed by atoms with Gasteiger partial charge in [-0.1, -0.05) is 17.7 Å². The van der Waals surface area contributed by atoms with E-state index in [9.17, 15) is 22.4 Å². The lowest BCUT2D eigenvalue weighted by atomic mass is 10.2. The number of carbonyl (C=O) groups is 2. The molecular formula is C23H19ClFN3O4S. The first-order chi connectivity index (χ1) is 15.7. The Hall–Kier alpha value is -3.43. The molecule has 2 amide bonds. The van der Waals surface area contributed by atoms with Crippen LogP contribution in [-0.4, -0.2) is 20.2 Å². The second kappa shape index (κ2) is 9.21. The summed E-state index contributed by atoms with van der Waals surface area (Å²) in [5.41, 5.74) is 1.18. The molecule has 0 atom stereocenters. The van der Waals surface area contributed by atoms with Crippen LogP contribution in [0.3, 0.4) is 0 Å². The Bertz CT molecular complexity index is 1330. The van der Waals surface area contributed by atoms with Crippen molar-refractivity contribution < 1.29 is 22.4 Å². The maximum absolute atomic E-state index is 13.1. The van der Waals surface area contributed by atoms with E-state index in [0.29, 0.717) is 11.4 Å². The van der Waals surface area contributed by atoms with Gasteiger partial charge in [-0.3, -0.25) is 14.3 Å². The first kappa shape index (κ1) is 22.8. The average molecular weight is 488 g/mol. The summed E-state index contributed by atoms with van der Waals surface area (Å²) < 4.78 is 41.0. The zero-order chi connectivity index (χ0) is 23.6. The molecule has 0 aromatic heterocycles. The van der Waals surface area contributed by atoms with Gasteiger partial charge in [0.15, 0.2) is 0 Å². The van der Waals surface area contributed by atoms with Crippen LogP contribution in [0.1, 0.15) is 23.2 Å². The molecule has 7 nitrogen and oxygen atoms in total. The summed E-state index contributed by atoms with van der Waals surface area (Å²) in [5, 5.41) is 5.40. The van der Waals surface area contributed by atoms with Gasteiger partial charge in [0.1, 0.15) is 10.7 Å². The highest BCUT2D eigenvalue weighted by atomic mass is 35.5. The summed E-state index contributed by atoms with van der Waals surface area (Å²) in [7, 11) is -4.14. The molecule has 3 aromatic carbocycles. The summed E-state index contributed by atoms with van der Waals surface area (Å²) in [6, 6.07) is 15.3. The number of benzene rings is 3. The topological polar surface area (TPSA) is 104 Å². The Balaban J connectivity index is 1.51. The zero-order valence-corrected chi connectivity index (χ0v) is 18.7. The lowest BCUT2D eigenvalue weighted by Crippen LogP contribution is -2.17. The van der Waals surface area contributed by atoms with E-state index in [1.165, 1.54) is 24.3 Å². The van der Waals surface area contributed by atoms with Crippen LogP contribution in [0.4, 0.5) is 21.5 Å². The van der Waals surface area contributed by atoms with Gasteiger partial charge in [-0.05, 0) is 73.5 Å². The lowest BCUT2D eigenvalue weighted by Gasteiger charge is -2.12. The molecular weight excluding hydrogens is 469 g/mol. The standard InChI is InChI=1S/C23H19ClFN3O4S/c24-20-11-6-15(12-21(20)33(31,32)28-17-9-7-16(25)8-10-17)23(30)27-19-3-1-2-18(13-19)26-22(29)14-4-5-14/h1-3,6-14,28H,4-5H2,(H,26,29)(H,27,30). The quantitative estimate of drug-likeness (QED) is 0.441. The highest BCUT2D eigenvalue weighted by molar-refractivity contribution is 7.92. The highest BCUT2D eigenvalue weighted by Gasteiger charge is 2.29. The molecule has 0 spiro atoms. The fourth-order valence-electron chi connectivity index (χ4n) is 3.05. The molecule has 33 heavy (non-hydrogen) atoms. The lowest BCUT2D eigenvalue weighted by molar-refractivity contribution is -0.117. The molecule has 1 aliphatic rings.